The highest BCUT2D eigenvalue weighted by Crippen LogP contribution is 2.19. The Morgan fingerprint density at radius 3 is 2.58 bits per heavy atom. The third-order valence-electron chi connectivity index (χ3n) is 3.88. The quantitative estimate of drug-likeness (QED) is 0.754. The summed E-state index contributed by atoms with van der Waals surface area (Å²) >= 11 is 1.89. The summed E-state index contributed by atoms with van der Waals surface area (Å²) in [6.07, 6.45) is 1.30. The summed E-state index contributed by atoms with van der Waals surface area (Å²) < 4.78 is 0. The number of carbonyl (C=O) groups is 2. The Labute approximate surface area is 154 Å². The van der Waals surface area contributed by atoms with Crippen LogP contribution >= 0.6 is 24.2 Å². The molecule has 134 valence electrons. The smallest absolute Gasteiger partial charge is 0.253 e. The third kappa shape index (κ3) is 6.00. The first kappa shape index (κ1) is 20.8. The predicted octanol–water partition coefficient (Wildman–Crippen LogP) is 2.54. The number of rotatable bonds is 6. The van der Waals surface area contributed by atoms with Crippen molar-refractivity contribution in [3.8, 4) is 0 Å². The molecule has 1 heterocycles. The van der Waals surface area contributed by atoms with Crippen LogP contribution in [-0.2, 0) is 4.79 Å². The minimum absolute atomic E-state index is 0. The molecule has 2 rings (SSSR count). The zero-order valence-electron chi connectivity index (χ0n) is 14.3. The summed E-state index contributed by atoms with van der Waals surface area (Å²) in [6, 6.07) is 5.50. The van der Waals surface area contributed by atoms with Gasteiger partial charge in [-0.05, 0) is 50.7 Å². The molecule has 0 spiro atoms. The maximum atomic E-state index is 12.5. The van der Waals surface area contributed by atoms with Crippen LogP contribution in [0.25, 0.3) is 0 Å². The molecule has 0 unspecified atom stereocenters. The second-order valence-corrected chi connectivity index (χ2v) is 6.91. The largest absolute Gasteiger partial charge is 0.337 e. The van der Waals surface area contributed by atoms with E-state index in [2.05, 4.69) is 10.6 Å². The number of halogens is 1. The molecule has 0 saturated carbocycles. The fourth-order valence-electron chi connectivity index (χ4n) is 2.52. The van der Waals surface area contributed by atoms with Crippen LogP contribution in [0.3, 0.4) is 0 Å². The molecule has 0 bridgehead atoms. The zero-order chi connectivity index (χ0) is 16.7. The Morgan fingerprint density at radius 2 is 1.96 bits per heavy atom. The number of hydrogen-bond acceptors (Lipinski definition) is 4. The lowest BCUT2D eigenvalue weighted by Gasteiger charge is -2.26. The molecule has 0 aromatic heterocycles. The van der Waals surface area contributed by atoms with E-state index >= 15 is 0 Å². The molecule has 0 aliphatic carbocycles. The number of nitrogens with zero attached hydrogens (tertiary/aromatic N) is 1. The highest BCUT2D eigenvalue weighted by Gasteiger charge is 2.19. The predicted molar refractivity (Wildman–Crippen MR) is 103 cm³/mol. The molecule has 5 nitrogen and oxygen atoms in total. The number of hydrogen-bond donors (Lipinski definition) is 2. The molecule has 0 radical (unpaired) electrons. The van der Waals surface area contributed by atoms with Gasteiger partial charge in [0.05, 0.1) is 0 Å². The van der Waals surface area contributed by atoms with Gasteiger partial charge >= 0.3 is 0 Å². The normalized spacial score (nSPS) is 14.0. The summed E-state index contributed by atoms with van der Waals surface area (Å²) in [7, 11) is 1.87. The van der Waals surface area contributed by atoms with Crippen LogP contribution in [0.1, 0.15) is 28.8 Å². The molecule has 1 aromatic carbocycles. The second-order valence-electron chi connectivity index (χ2n) is 5.69. The minimum atomic E-state index is 0. The van der Waals surface area contributed by atoms with E-state index in [1.807, 2.05) is 42.8 Å². The van der Waals surface area contributed by atoms with Gasteiger partial charge in [0, 0.05) is 42.3 Å². The lowest BCUT2D eigenvalue weighted by molar-refractivity contribution is -0.116. The molecule has 1 fully saturated rings. The number of carbonyl (C=O) groups excluding carboxylic acids is 2. The fourth-order valence-corrected chi connectivity index (χ4v) is 3.43. The summed E-state index contributed by atoms with van der Waals surface area (Å²) in [5.41, 5.74) is 2.40. The molecular formula is C17H26ClN3O2S. The van der Waals surface area contributed by atoms with Gasteiger partial charge in [-0.1, -0.05) is 0 Å². The molecule has 2 amide bonds. The molecule has 1 aliphatic heterocycles. The van der Waals surface area contributed by atoms with Crippen molar-refractivity contribution >= 4 is 41.7 Å². The average molecular weight is 372 g/mol. The lowest BCUT2D eigenvalue weighted by Crippen LogP contribution is -2.37. The third-order valence-corrected chi connectivity index (χ3v) is 4.82. The van der Waals surface area contributed by atoms with Gasteiger partial charge < -0.3 is 15.5 Å². The summed E-state index contributed by atoms with van der Waals surface area (Å²) in [4.78, 5) is 26.3. The van der Waals surface area contributed by atoms with Crippen LogP contribution in [0.2, 0.25) is 0 Å². The van der Waals surface area contributed by atoms with E-state index < -0.39 is 0 Å². The van der Waals surface area contributed by atoms with Crippen molar-refractivity contribution in [3.63, 3.8) is 0 Å². The van der Waals surface area contributed by atoms with E-state index in [-0.39, 0.29) is 24.2 Å². The summed E-state index contributed by atoms with van der Waals surface area (Å²) in [6.45, 7) is 4.37. The minimum Gasteiger partial charge on any atom is -0.337 e. The Balaban J connectivity index is 0.00000288. The number of aryl methyl sites for hydroxylation is 1. The summed E-state index contributed by atoms with van der Waals surface area (Å²) in [5, 5.41) is 5.95. The Morgan fingerprint density at radius 1 is 1.25 bits per heavy atom. The first-order valence-electron chi connectivity index (χ1n) is 8.04. The van der Waals surface area contributed by atoms with Crippen molar-refractivity contribution in [1.82, 2.24) is 10.2 Å². The van der Waals surface area contributed by atoms with E-state index in [9.17, 15) is 9.59 Å². The van der Waals surface area contributed by atoms with Crippen molar-refractivity contribution in [2.24, 2.45) is 0 Å². The van der Waals surface area contributed by atoms with Gasteiger partial charge in [0.2, 0.25) is 5.91 Å². The first-order chi connectivity index (χ1) is 11.1. The van der Waals surface area contributed by atoms with E-state index in [4.69, 9.17) is 0 Å². The standard InChI is InChI=1S/C17H25N3O2S.ClH/c1-13-12-14(17(22)20-8-10-23-11-9-20)5-6-15(13)19-16(21)4-3-7-18-2;/h5-6,12,18H,3-4,7-11H2,1-2H3,(H,19,21);1H. The van der Waals surface area contributed by atoms with Crippen molar-refractivity contribution in [3.05, 3.63) is 29.3 Å². The van der Waals surface area contributed by atoms with Crippen molar-refractivity contribution in [1.29, 1.82) is 0 Å². The van der Waals surface area contributed by atoms with E-state index in [0.717, 1.165) is 48.8 Å². The molecule has 24 heavy (non-hydrogen) atoms. The highest BCUT2D eigenvalue weighted by atomic mass is 35.5. The van der Waals surface area contributed by atoms with Crippen molar-refractivity contribution < 1.29 is 9.59 Å². The number of thioether (sulfide) groups is 1. The molecule has 1 aliphatic rings. The highest BCUT2D eigenvalue weighted by molar-refractivity contribution is 7.99. The van der Waals surface area contributed by atoms with Crippen LogP contribution in [0.5, 0.6) is 0 Å². The van der Waals surface area contributed by atoms with E-state index in [1.165, 1.54) is 0 Å². The maximum absolute atomic E-state index is 12.5. The van der Waals surface area contributed by atoms with Gasteiger partial charge in [0.25, 0.3) is 5.91 Å². The van der Waals surface area contributed by atoms with Crippen LogP contribution in [0.15, 0.2) is 18.2 Å². The van der Waals surface area contributed by atoms with Crippen molar-refractivity contribution in [2.45, 2.75) is 19.8 Å². The van der Waals surface area contributed by atoms with Gasteiger partial charge in [-0.15, -0.1) is 12.4 Å². The van der Waals surface area contributed by atoms with Crippen LogP contribution in [0, 0.1) is 6.92 Å². The first-order valence-corrected chi connectivity index (χ1v) is 9.19. The lowest BCUT2D eigenvalue weighted by atomic mass is 10.1. The van der Waals surface area contributed by atoms with Crippen molar-refractivity contribution in [2.75, 3.05) is 43.5 Å². The molecule has 1 aromatic rings. The van der Waals surface area contributed by atoms with E-state index in [0.29, 0.717) is 12.0 Å². The van der Waals surface area contributed by atoms with Gasteiger partial charge in [-0.3, -0.25) is 9.59 Å². The van der Waals surface area contributed by atoms with Crippen LogP contribution in [-0.4, -0.2) is 54.9 Å². The Bertz CT molecular complexity index is 563. The van der Waals surface area contributed by atoms with Crippen LogP contribution < -0.4 is 10.6 Å². The molecule has 2 N–H and O–H groups in total. The second kappa shape index (κ2) is 10.6. The van der Waals surface area contributed by atoms with Gasteiger partial charge in [0.1, 0.15) is 0 Å². The van der Waals surface area contributed by atoms with Gasteiger partial charge in [-0.2, -0.15) is 11.8 Å². The maximum Gasteiger partial charge on any atom is 0.253 e. The SMILES string of the molecule is CNCCCC(=O)Nc1ccc(C(=O)N2CCSCC2)cc1C.Cl. The molecule has 7 heteroatoms. The number of nitrogens with one attached hydrogen (secondary N) is 2. The zero-order valence-corrected chi connectivity index (χ0v) is 15.9. The molecule has 1 saturated heterocycles. The Hall–Kier alpha value is -1.24. The summed E-state index contributed by atoms with van der Waals surface area (Å²) in [5.74, 6) is 2.10. The topological polar surface area (TPSA) is 61.4 Å². The van der Waals surface area contributed by atoms with Gasteiger partial charge in [-0.25, -0.2) is 0 Å². The Kier molecular flexibility index (Phi) is 9.18. The molecular weight excluding hydrogens is 346 g/mol. The van der Waals surface area contributed by atoms with E-state index in [1.54, 1.807) is 6.07 Å². The average Bonchev–Trinajstić information content (AvgIpc) is 2.57. The fraction of sp³-hybridized carbons (Fsp3) is 0.529. The monoisotopic (exact) mass is 371 g/mol. The number of benzene rings is 1. The number of anilines is 1. The molecule has 0 atom stereocenters. The van der Waals surface area contributed by atoms with Crippen LogP contribution in [0.4, 0.5) is 5.69 Å². The van der Waals surface area contributed by atoms with Gasteiger partial charge in [0.15, 0.2) is 0 Å². The number of amides is 2.